The summed E-state index contributed by atoms with van der Waals surface area (Å²) in [7, 11) is 9.35. The van der Waals surface area contributed by atoms with Gasteiger partial charge in [-0.2, -0.15) is 0 Å². The van der Waals surface area contributed by atoms with E-state index in [0.29, 0.717) is 34.5 Å². The second kappa shape index (κ2) is 16.0. The number of rotatable bonds is 15. The van der Waals surface area contributed by atoms with Gasteiger partial charge in [-0.05, 0) is 78.8 Å². The van der Waals surface area contributed by atoms with Gasteiger partial charge in [0.1, 0.15) is 0 Å². The van der Waals surface area contributed by atoms with Crippen molar-refractivity contribution in [1.29, 1.82) is 0 Å². The topological polar surface area (TPSA) is 97.4 Å². The van der Waals surface area contributed by atoms with Crippen LogP contribution in [0, 0.1) is 0 Å². The van der Waals surface area contributed by atoms with E-state index in [2.05, 4.69) is 16.4 Å². The van der Waals surface area contributed by atoms with Crippen molar-refractivity contribution in [1.82, 2.24) is 10.3 Å². The summed E-state index contributed by atoms with van der Waals surface area (Å²) in [6.07, 6.45) is 11.4. The van der Waals surface area contributed by atoms with Crippen LogP contribution in [-0.2, 0) is 11.2 Å². The summed E-state index contributed by atoms with van der Waals surface area (Å²) in [5.74, 6) is 2.73. The number of pyridine rings is 1. The molecule has 0 spiro atoms. The van der Waals surface area contributed by atoms with Crippen LogP contribution in [0.4, 0.5) is 0 Å². The summed E-state index contributed by atoms with van der Waals surface area (Å²) in [4.78, 5) is 16.9. The molecule has 3 rings (SSSR count). The molecule has 0 fully saturated rings. The third kappa shape index (κ3) is 8.19. The van der Waals surface area contributed by atoms with Crippen LogP contribution in [0.5, 0.6) is 34.5 Å². The van der Waals surface area contributed by atoms with Gasteiger partial charge in [0.2, 0.25) is 17.4 Å². The zero-order valence-corrected chi connectivity index (χ0v) is 25.4. The van der Waals surface area contributed by atoms with Gasteiger partial charge >= 0.3 is 0 Å². The van der Waals surface area contributed by atoms with E-state index in [4.69, 9.17) is 28.4 Å². The first-order valence-corrected chi connectivity index (χ1v) is 13.6. The second-order valence-corrected chi connectivity index (χ2v) is 9.43. The molecule has 1 heterocycles. The third-order valence-corrected chi connectivity index (χ3v) is 6.68. The number of carbonyl (C=O) groups is 1. The average Bonchev–Trinajstić information content (AvgIpc) is 3.02. The molecule has 3 aromatic rings. The van der Waals surface area contributed by atoms with E-state index in [1.165, 1.54) is 11.6 Å². The Kier molecular flexibility index (Phi) is 12.1. The largest absolute Gasteiger partial charge is 0.493 e. The van der Waals surface area contributed by atoms with Crippen LogP contribution in [-0.4, -0.2) is 59.6 Å². The first-order valence-electron chi connectivity index (χ1n) is 13.6. The van der Waals surface area contributed by atoms with Gasteiger partial charge in [-0.15, -0.1) is 0 Å². The fourth-order valence-corrected chi connectivity index (χ4v) is 4.59. The molecule has 0 unspecified atom stereocenters. The lowest BCUT2D eigenvalue weighted by Crippen LogP contribution is -2.31. The summed E-state index contributed by atoms with van der Waals surface area (Å²) < 4.78 is 33.4. The smallest absolute Gasteiger partial charge is 0.244 e. The average molecular weight is 577 g/mol. The molecule has 0 bridgehead atoms. The highest BCUT2D eigenvalue weighted by atomic mass is 16.5. The fraction of sp³-hybridized carbons (Fsp3) is 0.333. The van der Waals surface area contributed by atoms with Crippen LogP contribution in [0.3, 0.4) is 0 Å². The number of nitrogens with one attached hydrogen (secondary N) is 1. The predicted molar refractivity (Wildman–Crippen MR) is 163 cm³/mol. The summed E-state index contributed by atoms with van der Waals surface area (Å²) in [5.41, 5.74) is 3.45. The number of allylic oxidation sites excluding steroid dienone is 2. The Hall–Kier alpha value is -4.66. The number of aryl methyl sites for hydroxylation is 1. The van der Waals surface area contributed by atoms with Crippen LogP contribution in [0.25, 0.3) is 5.57 Å². The van der Waals surface area contributed by atoms with Crippen molar-refractivity contribution < 1.29 is 33.2 Å². The van der Waals surface area contributed by atoms with Crippen molar-refractivity contribution in [2.45, 2.75) is 32.2 Å². The number of aromatic nitrogens is 1. The van der Waals surface area contributed by atoms with E-state index in [0.717, 1.165) is 36.0 Å². The number of hydrogen-bond donors (Lipinski definition) is 1. The summed E-state index contributed by atoms with van der Waals surface area (Å²) >= 11 is 0. The zero-order valence-electron chi connectivity index (χ0n) is 25.4. The molecule has 1 aromatic heterocycles. The van der Waals surface area contributed by atoms with Gasteiger partial charge in [0.25, 0.3) is 0 Å². The lowest BCUT2D eigenvalue weighted by atomic mass is 9.95. The second-order valence-electron chi connectivity index (χ2n) is 9.43. The van der Waals surface area contributed by atoms with Crippen LogP contribution in [0.2, 0.25) is 0 Å². The van der Waals surface area contributed by atoms with Gasteiger partial charge in [0, 0.05) is 24.5 Å². The molecule has 224 valence electrons. The molecule has 2 aromatic carbocycles. The molecule has 0 saturated carbocycles. The molecular formula is C33H40N2O7. The minimum atomic E-state index is -0.186. The summed E-state index contributed by atoms with van der Waals surface area (Å²) in [6.45, 7) is 2.00. The number of nitrogens with zero attached hydrogens (tertiary/aromatic N) is 1. The van der Waals surface area contributed by atoms with Gasteiger partial charge < -0.3 is 33.7 Å². The van der Waals surface area contributed by atoms with E-state index in [-0.39, 0.29) is 11.9 Å². The highest BCUT2D eigenvalue weighted by Crippen LogP contribution is 2.44. The predicted octanol–water partition coefficient (Wildman–Crippen LogP) is 5.65. The van der Waals surface area contributed by atoms with Crippen molar-refractivity contribution in [3.05, 3.63) is 83.7 Å². The third-order valence-electron chi connectivity index (χ3n) is 6.68. The Labute approximate surface area is 248 Å². The Balaban J connectivity index is 1.92. The maximum absolute atomic E-state index is 12.8. The van der Waals surface area contributed by atoms with Crippen molar-refractivity contribution in [2.24, 2.45) is 0 Å². The first kappa shape index (κ1) is 31.9. The molecule has 0 aliphatic heterocycles. The van der Waals surface area contributed by atoms with Gasteiger partial charge in [-0.1, -0.05) is 18.2 Å². The molecule has 42 heavy (non-hydrogen) atoms. The molecule has 0 aliphatic carbocycles. The Morgan fingerprint density at radius 3 is 1.79 bits per heavy atom. The highest BCUT2D eigenvalue weighted by molar-refractivity contribution is 5.90. The minimum Gasteiger partial charge on any atom is -0.493 e. The summed E-state index contributed by atoms with van der Waals surface area (Å²) in [5, 5.41) is 3.04. The standard InChI is InChI=1S/C33H40N2O7/c1-22(11-8-12-23-13-10-16-34-21-23)35-31(36)15-9-14-26(24-17-27(37-2)32(41-6)28(18-24)38-3)25-19-29(39-4)33(42-7)30(20-25)40-5/h9-10,13-22H,8,11-12H2,1-7H3,(H,35,36)/b15-9+/t22-/m1/s1. The minimum absolute atomic E-state index is 0.0208. The molecule has 0 aliphatic rings. The van der Waals surface area contributed by atoms with Crippen molar-refractivity contribution in [3.63, 3.8) is 0 Å². The van der Waals surface area contributed by atoms with Gasteiger partial charge in [0.05, 0.1) is 42.7 Å². The van der Waals surface area contributed by atoms with Crippen molar-refractivity contribution in [3.8, 4) is 34.5 Å². The number of carbonyl (C=O) groups excluding carboxylic acids is 1. The number of benzene rings is 2. The molecule has 1 atom stereocenters. The molecule has 9 heteroatoms. The van der Waals surface area contributed by atoms with Crippen LogP contribution in [0.1, 0.15) is 36.5 Å². The molecular weight excluding hydrogens is 536 g/mol. The van der Waals surface area contributed by atoms with Crippen LogP contribution < -0.4 is 33.7 Å². The van der Waals surface area contributed by atoms with Gasteiger partial charge in [-0.25, -0.2) is 0 Å². The highest BCUT2D eigenvalue weighted by Gasteiger charge is 2.19. The number of ether oxygens (including phenoxy) is 6. The normalized spacial score (nSPS) is 11.4. The van der Waals surface area contributed by atoms with Crippen molar-refractivity contribution in [2.75, 3.05) is 42.7 Å². The number of hydrogen-bond acceptors (Lipinski definition) is 8. The molecule has 1 amide bonds. The Bertz CT molecular complexity index is 1270. The van der Waals surface area contributed by atoms with E-state index in [1.807, 2.05) is 49.5 Å². The number of methoxy groups -OCH3 is 6. The SMILES string of the molecule is COc1cc(C(=C/C=C/C(=O)N[C@H](C)CCCc2cccnc2)c2cc(OC)c(OC)c(OC)c2)cc(OC)c1OC. The monoisotopic (exact) mass is 576 g/mol. The van der Waals surface area contributed by atoms with E-state index < -0.39 is 0 Å². The number of amides is 1. The molecule has 1 N–H and O–H groups in total. The maximum atomic E-state index is 12.8. The quantitative estimate of drug-likeness (QED) is 0.183. The molecule has 0 radical (unpaired) electrons. The Morgan fingerprint density at radius 2 is 1.36 bits per heavy atom. The van der Waals surface area contributed by atoms with Crippen LogP contribution in [0.15, 0.2) is 67.0 Å². The summed E-state index contributed by atoms with van der Waals surface area (Å²) in [6, 6.07) is 11.4. The van der Waals surface area contributed by atoms with Crippen LogP contribution >= 0.6 is 0 Å². The maximum Gasteiger partial charge on any atom is 0.244 e. The lowest BCUT2D eigenvalue weighted by Gasteiger charge is -2.18. The zero-order chi connectivity index (χ0) is 30.5. The Morgan fingerprint density at radius 1 is 0.833 bits per heavy atom. The molecule has 0 saturated heterocycles. The van der Waals surface area contributed by atoms with Gasteiger partial charge in [0.15, 0.2) is 23.0 Å². The van der Waals surface area contributed by atoms with E-state index in [1.54, 1.807) is 54.9 Å². The first-order chi connectivity index (χ1) is 20.4. The molecule has 9 nitrogen and oxygen atoms in total. The fourth-order valence-electron chi connectivity index (χ4n) is 4.59. The van der Waals surface area contributed by atoms with E-state index in [9.17, 15) is 4.79 Å². The van der Waals surface area contributed by atoms with Gasteiger partial charge in [-0.3, -0.25) is 9.78 Å². The lowest BCUT2D eigenvalue weighted by molar-refractivity contribution is -0.117. The van der Waals surface area contributed by atoms with Crippen molar-refractivity contribution >= 4 is 11.5 Å². The van der Waals surface area contributed by atoms with E-state index >= 15 is 0 Å².